The summed E-state index contributed by atoms with van der Waals surface area (Å²) in [5.74, 6) is 0.429. The van der Waals surface area contributed by atoms with Gasteiger partial charge in [0.15, 0.2) is 12.6 Å². The number of carbonyl (C=O) groups excluding carboxylic acids is 2. The molecule has 0 aliphatic heterocycles. The van der Waals surface area contributed by atoms with Crippen molar-refractivity contribution >= 4 is 67.6 Å². The lowest BCUT2D eigenvalue weighted by atomic mass is 10.2. The van der Waals surface area contributed by atoms with E-state index in [-0.39, 0.29) is 18.7 Å². The summed E-state index contributed by atoms with van der Waals surface area (Å²) in [6.07, 6.45) is 1.25. The van der Waals surface area contributed by atoms with Crippen molar-refractivity contribution in [2.45, 2.75) is 7.43 Å². The summed E-state index contributed by atoms with van der Waals surface area (Å²) < 4.78 is 6.09. The predicted octanol–water partition coefficient (Wildman–Crippen LogP) is 6.18. The number of hydrogen-bond acceptors (Lipinski definition) is 4. The van der Waals surface area contributed by atoms with E-state index in [1.165, 1.54) is 19.2 Å². The van der Waals surface area contributed by atoms with Crippen LogP contribution < -0.4 is 4.74 Å². The van der Waals surface area contributed by atoms with Gasteiger partial charge in [-0.25, -0.2) is 0 Å². The number of carbonyl (C=O) groups is 2. The maximum absolute atomic E-state index is 10.5. The average molecular weight is 501 g/mol. The molecule has 4 nitrogen and oxygen atoms in total. The minimum Gasteiger partial charge on any atom is -0.506 e. The van der Waals surface area contributed by atoms with Crippen LogP contribution in [0.1, 0.15) is 28.1 Å². The lowest BCUT2D eigenvalue weighted by molar-refractivity contribution is 0.111. The Hall–Kier alpha value is -1.08. The van der Waals surface area contributed by atoms with E-state index in [1.54, 1.807) is 12.1 Å². The van der Waals surface area contributed by atoms with E-state index in [0.717, 1.165) is 0 Å². The van der Waals surface area contributed by atoms with Gasteiger partial charge in [0.1, 0.15) is 11.5 Å². The molecule has 24 heavy (non-hydrogen) atoms. The molecule has 1 N–H and O–H groups in total. The van der Waals surface area contributed by atoms with Crippen LogP contribution in [0.2, 0.25) is 10.0 Å². The van der Waals surface area contributed by atoms with Gasteiger partial charge in [0.05, 0.1) is 27.2 Å². The molecule has 0 aromatic heterocycles. The fourth-order valence-electron chi connectivity index (χ4n) is 1.56. The highest BCUT2D eigenvalue weighted by molar-refractivity contribution is 9.10. The Morgan fingerprint density at radius 2 is 1.42 bits per heavy atom. The number of rotatable bonds is 3. The first-order valence-corrected chi connectivity index (χ1v) is 8.29. The monoisotopic (exact) mass is 498 g/mol. The van der Waals surface area contributed by atoms with E-state index in [1.807, 2.05) is 0 Å². The number of benzene rings is 2. The van der Waals surface area contributed by atoms with E-state index < -0.39 is 0 Å². The minimum absolute atomic E-state index is 0. The normalized spacial score (nSPS) is 9.21. The molecule has 2 aromatic carbocycles. The third-order valence-electron chi connectivity index (χ3n) is 2.55. The van der Waals surface area contributed by atoms with Crippen molar-refractivity contribution in [3.63, 3.8) is 0 Å². The molecule has 130 valence electrons. The summed E-state index contributed by atoms with van der Waals surface area (Å²) in [5.41, 5.74) is 0.626. The third-order valence-corrected chi connectivity index (χ3v) is 4.18. The summed E-state index contributed by atoms with van der Waals surface area (Å²) in [4.78, 5) is 20.8. The molecular formula is C16H14Br2Cl2O4. The Labute approximate surface area is 167 Å². The van der Waals surface area contributed by atoms with Gasteiger partial charge in [-0.1, -0.05) is 30.6 Å². The zero-order chi connectivity index (χ0) is 17.6. The quantitative estimate of drug-likeness (QED) is 0.511. The zero-order valence-corrected chi connectivity index (χ0v) is 16.3. The fourth-order valence-corrected chi connectivity index (χ4v) is 3.39. The topological polar surface area (TPSA) is 63.6 Å². The second-order valence-corrected chi connectivity index (χ2v) is 6.65. The first kappa shape index (κ1) is 22.9. The van der Waals surface area contributed by atoms with Gasteiger partial charge in [-0.05, 0) is 56.1 Å². The van der Waals surface area contributed by atoms with Gasteiger partial charge in [-0.15, -0.1) is 0 Å². The SMILES string of the molecule is C.COc1c(Br)cc(Cl)cc1C=O.O=Cc1cc(Cl)cc(Br)c1O. The summed E-state index contributed by atoms with van der Waals surface area (Å²) in [6, 6.07) is 6.14. The molecule has 0 unspecified atom stereocenters. The van der Waals surface area contributed by atoms with E-state index in [2.05, 4.69) is 31.9 Å². The van der Waals surface area contributed by atoms with Crippen LogP contribution in [0, 0.1) is 0 Å². The average Bonchev–Trinajstić information content (AvgIpc) is 2.50. The van der Waals surface area contributed by atoms with Gasteiger partial charge in [-0.3, -0.25) is 9.59 Å². The highest BCUT2D eigenvalue weighted by Crippen LogP contribution is 2.31. The Morgan fingerprint density at radius 1 is 0.958 bits per heavy atom. The zero-order valence-electron chi connectivity index (χ0n) is 11.6. The molecule has 0 aliphatic carbocycles. The van der Waals surface area contributed by atoms with E-state index in [9.17, 15) is 14.7 Å². The van der Waals surface area contributed by atoms with Crippen LogP contribution in [-0.4, -0.2) is 24.8 Å². The summed E-state index contributed by atoms with van der Waals surface area (Å²) >= 11 is 17.6. The van der Waals surface area contributed by atoms with Gasteiger partial charge in [0.25, 0.3) is 0 Å². The highest BCUT2D eigenvalue weighted by atomic mass is 79.9. The van der Waals surface area contributed by atoms with Crippen molar-refractivity contribution in [2.24, 2.45) is 0 Å². The van der Waals surface area contributed by atoms with Crippen LogP contribution in [0.3, 0.4) is 0 Å². The molecule has 0 bridgehead atoms. The second kappa shape index (κ2) is 10.7. The second-order valence-electron chi connectivity index (χ2n) is 4.07. The lowest BCUT2D eigenvalue weighted by Crippen LogP contribution is -1.91. The smallest absolute Gasteiger partial charge is 0.153 e. The van der Waals surface area contributed by atoms with Gasteiger partial charge in [-0.2, -0.15) is 0 Å². The Morgan fingerprint density at radius 3 is 1.88 bits per heavy atom. The molecule has 2 aromatic rings. The van der Waals surface area contributed by atoms with Crippen LogP contribution in [0.5, 0.6) is 11.5 Å². The standard InChI is InChI=1S/C8H6BrClO2.C7H4BrClO2.CH4/c1-12-8-5(4-11)2-6(10)3-7(8)9;8-6-2-5(9)1-4(3-10)7(6)11;/h2-4H,1H3;1-3,11H;1H4. The van der Waals surface area contributed by atoms with Crippen molar-refractivity contribution in [1.29, 1.82) is 0 Å². The van der Waals surface area contributed by atoms with Crippen molar-refractivity contribution in [2.75, 3.05) is 7.11 Å². The number of methoxy groups -OCH3 is 1. The predicted molar refractivity (Wildman–Crippen MR) is 104 cm³/mol. The van der Waals surface area contributed by atoms with E-state index in [4.69, 9.17) is 27.9 Å². The highest BCUT2D eigenvalue weighted by Gasteiger charge is 2.07. The van der Waals surface area contributed by atoms with Crippen LogP contribution in [0.15, 0.2) is 33.2 Å². The molecule has 0 spiro atoms. The Bertz CT molecular complexity index is 737. The number of hydrogen-bond donors (Lipinski definition) is 1. The molecule has 0 saturated heterocycles. The summed E-state index contributed by atoms with van der Waals surface area (Å²) in [5, 5.41) is 10.1. The van der Waals surface area contributed by atoms with Crippen molar-refractivity contribution < 1.29 is 19.4 Å². The van der Waals surface area contributed by atoms with Gasteiger partial charge < -0.3 is 9.84 Å². The van der Waals surface area contributed by atoms with E-state index >= 15 is 0 Å². The van der Waals surface area contributed by atoms with Gasteiger partial charge in [0, 0.05) is 10.0 Å². The van der Waals surface area contributed by atoms with Crippen molar-refractivity contribution in [1.82, 2.24) is 0 Å². The molecule has 2 rings (SSSR count). The van der Waals surface area contributed by atoms with Crippen LogP contribution in [0.25, 0.3) is 0 Å². The Kier molecular flexibility index (Phi) is 10.2. The van der Waals surface area contributed by atoms with Crippen LogP contribution in [0.4, 0.5) is 0 Å². The fraction of sp³-hybridized carbons (Fsp3) is 0.125. The molecule has 0 fully saturated rings. The maximum Gasteiger partial charge on any atom is 0.153 e. The van der Waals surface area contributed by atoms with Crippen molar-refractivity contribution in [3.05, 3.63) is 54.4 Å². The molecule has 0 radical (unpaired) electrons. The van der Waals surface area contributed by atoms with Crippen LogP contribution in [-0.2, 0) is 0 Å². The molecular weight excluding hydrogens is 487 g/mol. The van der Waals surface area contributed by atoms with Gasteiger partial charge in [0.2, 0.25) is 0 Å². The molecule has 8 heteroatoms. The molecule has 0 saturated carbocycles. The lowest BCUT2D eigenvalue weighted by Gasteiger charge is -2.05. The largest absolute Gasteiger partial charge is 0.506 e. The molecule has 0 atom stereocenters. The van der Waals surface area contributed by atoms with Crippen LogP contribution >= 0.6 is 55.1 Å². The van der Waals surface area contributed by atoms with E-state index in [0.29, 0.717) is 42.9 Å². The summed E-state index contributed by atoms with van der Waals surface area (Å²) in [6.45, 7) is 0. The Balaban J connectivity index is 0.000000425. The third kappa shape index (κ3) is 6.09. The first-order chi connectivity index (χ1) is 10.8. The number of phenolic OH excluding ortho intramolecular Hbond substituents is 1. The maximum atomic E-state index is 10.5. The number of halogens is 4. The molecule has 0 amide bonds. The van der Waals surface area contributed by atoms with Gasteiger partial charge >= 0.3 is 0 Å². The number of aldehydes is 2. The number of phenols is 1. The van der Waals surface area contributed by atoms with Crippen molar-refractivity contribution in [3.8, 4) is 11.5 Å². The summed E-state index contributed by atoms with van der Waals surface area (Å²) in [7, 11) is 1.50. The molecule has 0 aliphatic rings. The minimum atomic E-state index is -0.0793. The number of ether oxygens (including phenoxy) is 1. The first-order valence-electron chi connectivity index (χ1n) is 5.95. The number of aromatic hydroxyl groups is 1. The molecule has 0 heterocycles.